The Bertz CT molecular complexity index is 177. The largest absolute Gasteiger partial charge is 0.393 e. The number of aliphatic hydroxyl groups excluding tert-OH is 1. The van der Waals surface area contributed by atoms with Gasteiger partial charge in [-0.1, -0.05) is 90.0 Å². The molecule has 0 spiro atoms. The molecule has 0 fully saturated rings. The van der Waals surface area contributed by atoms with Crippen molar-refractivity contribution in [2.24, 2.45) is 0 Å². The number of hydrogen-bond donors (Lipinski definition) is 1. The smallest absolute Gasteiger partial charge is 0.0574 e. The first-order valence-corrected chi connectivity index (χ1v) is 8.60. The van der Waals surface area contributed by atoms with Crippen molar-refractivity contribution in [3.05, 3.63) is 12.7 Å². The van der Waals surface area contributed by atoms with Crippen LogP contribution in [0.2, 0.25) is 0 Å². The van der Waals surface area contributed by atoms with Crippen LogP contribution in [0, 0.1) is 0 Å². The fourth-order valence-corrected chi connectivity index (χ4v) is 2.53. The molecule has 1 nitrogen and oxygen atoms in total. The van der Waals surface area contributed by atoms with Crippen molar-refractivity contribution in [3.8, 4) is 0 Å². The highest BCUT2D eigenvalue weighted by Gasteiger charge is 2.00. The summed E-state index contributed by atoms with van der Waals surface area (Å²) in [5.74, 6) is 0. The second-order valence-corrected chi connectivity index (χ2v) is 5.86. The van der Waals surface area contributed by atoms with Crippen molar-refractivity contribution < 1.29 is 5.11 Å². The summed E-state index contributed by atoms with van der Waals surface area (Å²) in [5, 5.41) is 9.54. The zero-order chi connectivity index (χ0) is 14.2. The minimum Gasteiger partial charge on any atom is -0.393 e. The summed E-state index contributed by atoms with van der Waals surface area (Å²) in [6, 6.07) is 0. The summed E-state index contributed by atoms with van der Waals surface area (Å²) in [4.78, 5) is 0. The molecule has 0 amide bonds. The van der Waals surface area contributed by atoms with Crippen LogP contribution in [0.5, 0.6) is 0 Å². The number of aliphatic hydroxyl groups is 1. The maximum atomic E-state index is 9.54. The molecule has 0 aliphatic carbocycles. The van der Waals surface area contributed by atoms with E-state index in [0.29, 0.717) is 0 Å². The average Bonchev–Trinajstić information content (AvgIpc) is 2.40. The van der Waals surface area contributed by atoms with Crippen LogP contribution in [0.4, 0.5) is 0 Å². The maximum absolute atomic E-state index is 9.54. The van der Waals surface area contributed by atoms with Crippen LogP contribution in [0.25, 0.3) is 0 Å². The molecule has 1 N–H and O–H groups in total. The van der Waals surface area contributed by atoms with Gasteiger partial charge in [0.05, 0.1) is 6.10 Å². The van der Waals surface area contributed by atoms with E-state index in [9.17, 15) is 5.11 Å². The lowest BCUT2D eigenvalue weighted by Gasteiger charge is -2.07. The van der Waals surface area contributed by atoms with Crippen molar-refractivity contribution in [2.75, 3.05) is 0 Å². The minimum absolute atomic E-state index is 0.152. The molecule has 0 saturated carbocycles. The third kappa shape index (κ3) is 15.6. The highest BCUT2D eigenvalue weighted by Crippen LogP contribution is 2.13. The fraction of sp³-hybridized carbons (Fsp3) is 0.889. The first kappa shape index (κ1) is 18.7. The Morgan fingerprint density at radius 1 is 0.789 bits per heavy atom. The van der Waals surface area contributed by atoms with E-state index in [1.54, 1.807) is 0 Å². The minimum atomic E-state index is -0.152. The van der Waals surface area contributed by atoms with E-state index in [-0.39, 0.29) is 6.10 Å². The number of hydrogen-bond acceptors (Lipinski definition) is 1. The second-order valence-electron chi connectivity index (χ2n) is 5.86. The molecule has 0 aromatic heterocycles. The lowest BCUT2D eigenvalue weighted by molar-refractivity contribution is 0.164. The third-order valence-electron chi connectivity index (χ3n) is 3.83. The molecule has 0 aliphatic rings. The molecule has 114 valence electrons. The van der Waals surface area contributed by atoms with E-state index < -0.39 is 0 Å². The van der Waals surface area contributed by atoms with Gasteiger partial charge in [-0.3, -0.25) is 0 Å². The Kier molecular flexibility index (Phi) is 15.5. The zero-order valence-electron chi connectivity index (χ0n) is 13.2. The predicted octanol–water partition coefficient (Wildman–Crippen LogP) is 6.01. The van der Waals surface area contributed by atoms with Gasteiger partial charge in [0, 0.05) is 0 Å². The van der Waals surface area contributed by atoms with Gasteiger partial charge >= 0.3 is 0 Å². The summed E-state index contributed by atoms with van der Waals surface area (Å²) in [5.41, 5.74) is 0. The van der Waals surface area contributed by atoms with Crippen molar-refractivity contribution in [1.29, 1.82) is 0 Å². The van der Waals surface area contributed by atoms with Gasteiger partial charge in [0.15, 0.2) is 0 Å². The second kappa shape index (κ2) is 15.8. The van der Waals surface area contributed by atoms with Crippen LogP contribution in [0.15, 0.2) is 12.7 Å². The van der Waals surface area contributed by atoms with Crippen molar-refractivity contribution in [3.63, 3.8) is 0 Å². The SMILES string of the molecule is C=CCC(O)CCCCCCCCCCCCCC. The van der Waals surface area contributed by atoms with Crippen LogP contribution >= 0.6 is 0 Å². The Hall–Kier alpha value is -0.300. The average molecular weight is 268 g/mol. The van der Waals surface area contributed by atoms with Gasteiger partial charge in [0.2, 0.25) is 0 Å². The molecule has 1 heteroatoms. The normalized spacial score (nSPS) is 12.5. The monoisotopic (exact) mass is 268 g/mol. The Morgan fingerprint density at radius 3 is 1.63 bits per heavy atom. The van der Waals surface area contributed by atoms with Gasteiger partial charge in [-0.15, -0.1) is 6.58 Å². The topological polar surface area (TPSA) is 20.2 Å². The number of unbranched alkanes of at least 4 members (excludes halogenated alkanes) is 11. The fourth-order valence-electron chi connectivity index (χ4n) is 2.53. The number of rotatable bonds is 15. The molecular weight excluding hydrogens is 232 g/mol. The molecule has 0 aliphatic heterocycles. The first-order chi connectivity index (χ1) is 9.31. The molecule has 0 saturated heterocycles. The molecule has 0 rings (SSSR count). The van der Waals surface area contributed by atoms with E-state index in [1.807, 2.05) is 6.08 Å². The van der Waals surface area contributed by atoms with Gasteiger partial charge in [0.1, 0.15) is 0 Å². The standard InChI is InChI=1S/C18H36O/c1-3-5-6-7-8-9-10-11-12-13-14-15-17-18(19)16-4-2/h4,18-19H,2-3,5-17H2,1H3. The highest BCUT2D eigenvalue weighted by molar-refractivity contribution is 4.71. The highest BCUT2D eigenvalue weighted by atomic mass is 16.3. The molecule has 1 atom stereocenters. The molecule has 19 heavy (non-hydrogen) atoms. The molecule has 1 unspecified atom stereocenters. The summed E-state index contributed by atoms with van der Waals surface area (Å²) >= 11 is 0. The Morgan fingerprint density at radius 2 is 1.21 bits per heavy atom. The lowest BCUT2D eigenvalue weighted by Crippen LogP contribution is -2.03. The van der Waals surface area contributed by atoms with Crippen molar-refractivity contribution in [2.45, 2.75) is 103 Å². The molecule has 0 aromatic carbocycles. The summed E-state index contributed by atoms with van der Waals surface area (Å²) < 4.78 is 0. The molecular formula is C18H36O. The molecule has 0 heterocycles. The summed E-state index contributed by atoms with van der Waals surface area (Å²) in [6.45, 7) is 5.92. The lowest BCUT2D eigenvalue weighted by atomic mass is 10.0. The zero-order valence-corrected chi connectivity index (χ0v) is 13.2. The molecule has 0 aromatic rings. The van der Waals surface area contributed by atoms with E-state index in [1.165, 1.54) is 77.0 Å². The van der Waals surface area contributed by atoms with Crippen LogP contribution in [0.1, 0.15) is 96.8 Å². The predicted molar refractivity (Wildman–Crippen MR) is 86.5 cm³/mol. The van der Waals surface area contributed by atoms with E-state index in [4.69, 9.17) is 0 Å². The third-order valence-corrected chi connectivity index (χ3v) is 3.83. The summed E-state index contributed by atoms with van der Waals surface area (Å²) in [7, 11) is 0. The van der Waals surface area contributed by atoms with E-state index >= 15 is 0 Å². The van der Waals surface area contributed by atoms with Gasteiger partial charge in [-0.25, -0.2) is 0 Å². The van der Waals surface area contributed by atoms with Crippen molar-refractivity contribution in [1.82, 2.24) is 0 Å². The van der Waals surface area contributed by atoms with Gasteiger partial charge in [0.25, 0.3) is 0 Å². The van der Waals surface area contributed by atoms with E-state index in [0.717, 1.165) is 12.8 Å². The van der Waals surface area contributed by atoms with Crippen LogP contribution in [-0.4, -0.2) is 11.2 Å². The quantitative estimate of drug-likeness (QED) is 0.284. The maximum Gasteiger partial charge on any atom is 0.0574 e. The molecule has 0 bridgehead atoms. The first-order valence-electron chi connectivity index (χ1n) is 8.60. The van der Waals surface area contributed by atoms with Gasteiger partial charge < -0.3 is 5.11 Å². The van der Waals surface area contributed by atoms with Crippen molar-refractivity contribution >= 4 is 0 Å². The van der Waals surface area contributed by atoms with Gasteiger partial charge in [-0.05, 0) is 12.8 Å². The van der Waals surface area contributed by atoms with Crippen LogP contribution < -0.4 is 0 Å². The van der Waals surface area contributed by atoms with E-state index in [2.05, 4.69) is 13.5 Å². The van der Waals surface area contributed by atoms with Crippen LogP contribution in [-0.2, 0) is 0 Å². The van der Waals surface area contributed by atoms with Gasteiger partial charge in [-0.2, -0.15) is 0 Å². The Balaban J connectivity index is 3.00. The molecule has 0 radical (unpaired) electrons. The van der Waals surface area contributed by atoms with Crippen LogP contribution in [0.3, 0.4) is 0 Å². The summed E-state index contributed by atoms with van der Waals surface area (Å²) in [6.07, 6.45) is 19.9. The Labute approximate surface area is 121 Å².